The van der Waals surface area contributed by atoms with Gasteiger partial charge < -0.3 is 9.32 Å². The van der Waals surface area contributed by atoms with Gasteiger partial charge in [-0.1, -0.05) is 146 Å². The number of aromatic nitrogens is 1. The van der Waals surface area contributed by atoms with E-state index >= 15 is 0 Å². The number of nitrogens with zero attached hydrogens (tertiary/aromatic N) is 2. The van der Waals surface area contributed by atoms with Crippen LogP contribution >= 0.6 is 0 Å². The second-order valence-corrected chi connectivity index (χ2v) is 13.6. The monoisotopic (exact) mass is 690 g/mol. The van der Waals surface area contributed by atoms with Crippen LogP contribution in [0.1, 0.15) is 0 Å². The maximum absolute atomic E-state index is 6.54. The Morgan fingerprint density at radius 1 is 0.352 bits per heavy atom. The van der Waals surface area contributed by atoms with Gasteiger partial charge in [-0.25, -0.2) is 4.98 Å². The summed E-state index contributed by atoms with van der Waals surface area (Å²) >= 11 is 0. The van der Waals surface area contributed by atoms with Gasteiger partial charge in [-0.05, 0) is 110 Å². The Morgan fingerprint density at radius 3 is 1.69 bits per heavy atom. The zero-order valence-electron chi connectivity index (χ0n) is 29.4. The Morgan fingerprint density at radius 2 is 0.926 bits per heavy atom. The summed E-state index contributed by atoms with van der Waals surface area (Å²) in [6.45, 7) is 0. The van der Waals surface area contributed by atoms with Crippen LogP contribution in [0.25, 0.3) is 77.5 Å². The van der Waals surface area contributed by atoms with Gasteiger partial charge in [0.15, 0.2) is 5.58 Å². The van der Waals surface area contributed by atoms with Crippen LogP contribution in [-0.4, -0.2) is 4.98 Å². The average molecular weight is 691 g/mol. The Kier molecular flexibility index (Phi) is 7.81. The molecule has 1 aromatic heterocycles. The number of benzene rings is 9. The number of anilines is 3. The number of hydrogen-bond acceptors (Lipinski definition) is 3. The smallest absolute Gasteiger partial charge is 0.227 e. The van der Waals surface area contributed by atoms with Crippen LogP contribution in [0.3, 0.4) is 0 Å². The van der Waals surface area contributed by atoms with Gasteiger partial charge in [0.25, 0.3) is 0 Å². The molecule has 0 bridgehead atoms. The molecule has 3 heteroatoms. The summed E-state index contributed by atoms with van der Waals surface area (Å²) in [6, 6.07) is 73.0. The molecule has 0 saturated heterocycles. The normalized spacial score (nSPS) is 11.3. The lowest BCUT2D eigenvalue weighted by molar-refractivity contribution is 0.623. The van der Waals surface area contributed by atoms with Crippen LogP contribution in [0.2, 0.25) is 0 Å². The van der Waals surface area contributed by atoms with Crippen molar-refractivity contribution in [3.05, 3.63) is 206 Å². The third kappa shape index (κ3) is 5.78. The number of rotatable bonds is 7. The molecule has 54 heavy (non-hydrogen) atoms. The molecule has 0 amide bonds. The number of hydrogen-bond donors (Lipinski definition) is 0. The number of oxazole rings is 1. The van der Waals surface area contributed by atoms with E-state index in [-0.39, 0.29) is 0 Å². The van der Waals surface area contributed by atoms with Gasteiger partial charge in [0.2, 0.25) is 5.89 Å². The van der Waals surface area contributed by atoms with E-state index in [1.54, 1.807) is 0 Å². The molecule has 10 aromatic rings. The lowest BCUT2D eigenvalue weighted by Gasteiger charge is -2.27. The maximum Gasteiger partial charge on any atom is 0.227 e. The first-order valence-corrected chi connectivity index (χ1v) is 18.3. The predicted molar refractivity (Wildman–Crippen MR) is 225 cm³/mol. The van der Waals surface area contributed by atoms with Crippen molar-refractivity contribution in [3.63, 3.8) is 0 Å². The molecule has 0 aliphatic heterocycles. The highest BCUT2D eigenvalue weighted by atomic mass is 16.3. The van der Waals surface area contributed by atoms with Crippen molar-refractivity contribution >= 4 is 49.7 Å². The van der Waals surface area contributed by atoms with E-state index < -0.39 is 0 Å². The highest BCUT2D eigenvalue weighted by Gasteiger charge is 2.19. The molecule has 0 atom stereocenters. The van der Waals surface area contributed by atoms with E-state index in [1.165, 1.54) is 33.0 Å². The fraction of sp³-hybridized carbons (Fsp3) is 0. The highest BCUT2D eigenvalue weighted by Crippen LogP contribution is 2.43. The second-order valence-electron chi connectivity index (χ2n) is 13.6. The fourth-order valence-electron chi connectivity index (χ4n) is 7.58. The molecular formula is C51H34N2O. The lowest BCUT2D eigenvalue weighted by atomic mass is 9.96. The first kappa shape index (κ1) is 31.5. The minimum absolute atomic E-state index is 0.616. The summed E-state index contributed by atoms with van der Waals surface area (Å²) in [5.41, 5.74) is 12.9. The maximum atomic E-state index is 6.54. The van der Waals surface area contributed by atoms with Crippen LogP contribution in [0.15, 0.2) is 211 Å². The number of fused-ring (bicyclic) bond motifs is 4. The Bertz CT molecular complexity index is 2920. The molecule has 3 nitrogen and oxygen atoms in total. The standard InChI is InChI=1S/C51H34N2O/c1-4-13-35(14-5-1)37-23-25-39(26-24-37)51-52-49-30-27-42-32-44(28-29-47(42)50(49)54-51)53(43-21-12-20-40(31-43)36-15-6-2-7-16-36)45-33-41-19-10-11-22-46(41)48(34-45)38-17-8-3-9-18-38/h1-34H. The highest BCUT2D eigenvalue weighted by molar-refractivity contribution is 6.06. The Labute approximate surface area is 314 Å². The van der Waals surface area contributed by atoms with Gasteiger partial charge in [-0.3, -0.25) is 0 Å². The third-order valence-corrected chi connectivity index (χ3v) is 10.3. The van der Waals surface area contributed by atoms with Crippen molar-refractivity contribution in [3.8, 4) is 44.8 Å². The van der Waals surface area contributed by atoms with Crippen molar-refractivity contribution in [2.75, 3.05) is 4.90 Å². The summed E-state index contributed by atoms with van der Waals surface area (Å²) in [5, 5.41) is 4.52. The van der Waals surface area contributed by atoms with Crippen LogP contribution in [-0.2, 0) is 0 Å². The molecule has 0 radical (unpaired) electrons. The zero-order valence-corrected chi connectivity index (χ0v) is 29.4. The summed E-state index contributed by atoms with van der Waals surface area (Å²) < 4.78 is 6.54. The van der Waals surface area contributed by atoms with Crippen molar-refractivity contribution < 1.29 is 4.42 Å². The topological polar surface area (TPSA) is 29.3 Å². The average Bonchev–Trinajstić information content (AvgIpc) is 3.70. The molecular weight excluding hydrogens is 657 g/mol. The van der Waals surface area contributed by atoms with E-state index in [9.17, 15) is 0 Å². The van der Waals surface area contributed by atoms with E-state index in [0.717, 1.165) is 55.6 Å². The predicted octanol–water partition coefficient (Wildman–Crippen LogP) is 14.3. The fourth-order valence-corrected chi connectivity index (χ4v) is 7.58. The van der Waals surface area contributed by atoms with Gasteiger partial charge >= 0.3 is 0 Å². The summed E-state index contributed by atoms with van der Waals surface area (Å²) in [5.74, 6) is 0.616. The lowest BCUT2D eigenvalue weighted by Crippen LogP contribution is -2.10. The van der Waals surface area contributed by atoms with Gasteiger partial charge in [0, 0.05) is 28.0 Å². The van der Waals surface area contributed by atoms with E-state index in [4.69, 9.17) is 9.40 Å². The molecule has 254 valence electrons. The first-order chi connectivity index (χ1) is 26.7. The van der Waals surface area contributed by atoms with E-state index in [0.29, 0.717) is 5.89 Å². The molecule has 0 saturated carbocycles. The van der Waals surface area contributed by atoms with Crippen LogP contribution in [0.5, 0.6) is 0 Å². The molecule has 0 aliphatic rings. The van der Waals surface area contributed by atoms with Gasteiger partial charge in [0.1, 0.15) is 5.52 Å². The molecule has 0 fully saturated rings. The molecule has 10 rings (SSSR count). The first-order valence-electron chi connectivity index (χ1n) is 18.3. The van der Waals surface area contributed by atoms with Crippen molar-refractivity contribution in [1.82, 2.24) is 4.98 Å². The quantitative estimate of drug-likeness (QED) is 0.167. The molecule has 9 aromatic carbocycles. The zero-order chi connectivity index (χ0) is 35.8. The Hall–Kier alpha value is -7.23. The largest absolute Gasteiger partial charge is 0.435 e. The molecule has 0 unspecified atom stereocenters. The molecule has 0 aliphatic carbocycles. The van der Waals surface area contributed by atoms with Gasteiger partial charge in [-0.15, -0.1) is 0 Å². The summed E-state index contributed by atoms with van der Waals surface area (Å²) in [7, 11) is 0. The third-order valence-electron chi connectivity index (χ3n) is 10.3. The van der Waals surface area contributed by atoms with Crippen LogP contribution in [0.4, 0.5) is 17.1 Å². The van der Waals surface area contributed by atoms with Crippen molar-refractivity contribution in [2.45, 2.75) is 0 Å². The van der Waals surface area contributed by atoms with Crippen molar-refractivity contribution in [2.24, 2.45) is 0 Å². The van der Waals surface area contributed by atoms with E-state index in [1.807, 2.05) is 6.07 Å². The van der Waals surface area contributed by atoms with E-state index in [2.05, 4.69) is 205 Å². The van der Waals surface area contributed by atoms with Gasteiger partial charge in [-0.2, -0.15) is 0 Å². The SMILES string of the molecule is c1ccc(-c2ccc(-c3nc4ccc5cc(N(c6cccc(-c7ccccc7)c6)c6cc(-c7ccccc7)c7ccccc7c6)ccc5c4o3)cc2)cc1. The molecule has 0 N–H and O–H groups in total. The van der Waals surface area contributed by atoms with Gasteiger partial charge in [0.05, 0.1) is 0 Å². The second kappa shape index (κ2) is 13.4. The Balaban J connectivity index is 1.11. The molecule has 0 spiro atoms. The van der Waals surface area contributed by atoms with Crippen LogP contribution < -0.4 is 4.90 Å². The molecule has 1 heterocycles. The minimum Gasteiger partial charge on any atom is -0.435 e. The summed E-state index contributed by atoms with van der Waals surface area (Å²) in [6.07, 6.45) is 0. The van der Waals surface area contributed by atoms with Crippen LogP contribution in [0, 0.1) is 0 Å². The minimum atomic E-state index is 0.616. The summed E-state index contributed by atoms with van der Waals surface area (Å²) in [4.78, 5) is 7.29. The van der Waals surface area contributed by atoms with Crippen molar-refractivity contribution in [1.29, 1.82) is 0 Å².